The molecule has 1 aliphatic heterocycles. The summed E-state index contributed by atoms with van der Waals surface area (Å²) in [7, 11) is -3.66. The Morgan fingerprint density at radius 1 is 1.55 bits per heavy atom. The summed E-state index contributed by atoms with van der Waals surface area (Å²) in [5, 5.41) is 18.7. The van der Waals surface area contributed by atoms with Crippen LogP contribution in [0.25, 0.3) is 0 Å². The molecule has 0 radical (unpaired) electrons. The predicted molar refractivity (Wildman–Crippen MR) is 72.8 cm³/mol. The zero-order valence-corrected chi connectivity index (χ0v) is 12.6. The molecule has 1 aromatic rings. The van der Waals surface area contributed by atoms with E-state index in [4.69, 9.17) is 5.11 Å². The third kappa shape index (κ3) is 3.32. The zero-order chi connectivity index (χ0) is 14.8. The highest BCUT2D eigenvalue weighted by atomic mass is 32.2. The molecule has 2 rings (SSSR count). The van der Waals surface area contributed by atoms with Crippen molar-refractivity contribution >= 4 is 32.4 Å². The van der Waals surface area contributed by atoms with Gasteiger partial charge in [-0.05, 0) is 18.8 Å². The lowest BCUT2D eigenvalue weighted by Crippen LogP contribution is -2.29. The summed E-state index contributed by atoms with van der Waals surface area (Å²) >= 11 is 0.836. The van der Waals surface area contributed by atoms with Crippen molar-refractivity contribution in [3.05, 3.63) is 0 Å². The van der Waals surface area contributed by atoms with Crippen LogP contribution in [0.2, 0.25) is 0 Å². The molecule has 2 N–H and O–H groups in total. The summed E-state index contributed by atoms with van der Waals surface area (Å²) in [4.78, 5) is 10.9. The van der Waals surface area contributed by atoms with Gasteiger partial charge in [0.05, 0.1) is 0 Å². The Hall–Kier alpha value is -1.10. The van der Waals surface area contributed by atoms with Crippen LogP contribution >= 0.6 is 11.3 Å². The van der Waals surface area contributed by atoms with Crippen LogP contribution in [-0.2, 0) is 14.8 Å². The van der Waals surface area contributed by atoms with Crippen LogP contribution in [0.3, 0.4) is 0 Å². The minimum atomic E-state index is -3.66. The van der Waals surface area contributed by atoms with E-state index in [1.54, 1.807) is 0 Å². The SMILES string of the molecule is CC(=O)Nc1nnc(S(=O)(=O)N2CCC(CCO)C2)s1. The molecule has 2 heterocycles. The monoisotopic (exact) mass is 320 g/mol. The van der Waals surface area contributed by atoms with Crippen molar-refractivity contribution in [2.75, 3.05) is 25.0 Å². The molecule has 20 heavy (non-hydrogen) atoms. The maximum absolute atomic E-state index is 12.3. The predicted octanol–water partition coefficient (Wildman–Crippen LogP) is -0.110. The van der Waals surface area contributed by atoms with Crippen LogP contribution in [0, 0.1) is 5.92 Å². The molecule has 0 aliphatic carbocycles. The minimum absolute atomic E-state index is 0.0596. The van der Waals surface area contributed by atoms with E-state index in [9.17, 15) is 13.2 Å². The van der Waals surface area contributed by atoms with E-state index in [-0.39, 0.29) is 27.9 Å². The molecule has 0 aromatic carbocycles. The summed E-state index contributed by atoms with van der Waals surface area (Å²) < 4.78 is 25.9. The molecule has 112 valence electrons. The van der Waals surface area contributed by atoms with E-state index in [0.29, 0.717) is 19.5 Å². The Bertz CT molecular complexity index is 586. The third-order valence-corrected chi connectivity index (χ3v) is 6.09. The van der Waals surface area contributed by atoms with Crippen LogP contribution in [0.5, 0.6) is 0 Å². The van der Waals surface area contributed by atoms with Crippen molar-refractivity contribution in [2.45, 2.75) is 24.1 Å². The average Bonchev–Trinajstić information content (AvgIpc) is 2.98. The number of aliphatic hydroxyl groups excluding tert-OH is 1. The second-order valence-electron chi connectivity index (χ2n) is 4.58. The molecule has 8 nitrogen and oxygen atoms in total. The Labute approximate surface area is 120 Å². The van der Waals surface area contributed by atoms with Crippen molar-refractivity contribution in [3.63, 3.8) is 0 Å². The van der Waals surface area contributed by atoms with Gasteiger partial charge in [0, 0.05) is 26.6 Å². The second kappa shape index (κ2) is 6.12. The first kappa shape index (κ1) is 15.3. The molecule has 1 aromatic heterocycles. The van der Waals surface area contributed by atoms with Gasteiger partial charge >= 0.3 is 0 Å². The molecular formula is C10H16N4O4S2. The third-order valence-electron chi connectivity index (χ3n) is 3.04. The molecule has 0 spiro atoms. The Morgan fingerprint density at radius 2 is 2.30 bits per heavy atom. The van der Waals surface area contributed by atoms with Crippen molar-refractivity contribution in [3.8, 4) is 0 Å². The molecule has 1 atom stereocenters. The topological polar surface area (TPSA) is 112 Å². The quantitative estimate of drug-likeness (QED) is 0.732. The van der Waals surface area contributed by atoms with Crippen molar-refractivity contribution < 1.29 is 18.3 Å². The lowest BCUT2D eigenvalue weighted by Gasteiger charge is -2.13. The first-order valence-corrected chi connectivity index (χ1v) is 8.41. The van der Waals surface area contributed by atoms with Gasteiger partial charge in [-0.1, -0.05) is 11.3 Å². The molecule has 1 saturated heterocycles. The lowest BCUT2D eigenvalue weighted by atomic mass is 10.1. The van der Waals surface area contributed by atoms with Gasteiger partial charge in [-0.3, -0.25) is 4.79 Å². The second-order valence-corrected chi connectivity index (χ2v) is 7.67. The van der Waals surface area contributed by atoms with E-state index in [1.807, 2.05) is 0 Å². The summed E-state index contributed by atoms with van der Waals surface area (Å²) in [6.07, 6.45) is 1.33. The number of anilines is 1. The fraction of sp³-hybridized carbons (Fsp3) is 0.700. The van der Waals surface area contributed by atoms with Gasteiger partial charge in [0.15, 0.2) is 0 Å². The highest BCUT2D eigenvalue weighted by Gasteiger charge is 2.34. The molecular weight excluding hydrogens is 304 g/mol. The number of carbonyl (C=O) groups is 1. The molecule has 1 unspecified atom stereocenters. The van der Waals surface area contributed by atoms with Gasteiger partial charge in [-0.15, -0.1) is 10.2 Å². The Balaban J connectivity index is 2.11. The highest BCUT2D eigenvalue weighted by molar-refractivity contribution is 7.91. The number of aliphatic hydroxyl groups is 1. The number of nitrogens with zero attached hydrogens (tertiary/aromatic N) is 3. The van der Waals surface area contributed by atoms with E-state index in [1.165, 1.54) is 11.2 Å². The first-order chi connectivity index (χ1) is 9.43. The fourth-order valence-corrected chi connectivity index (χ4v) is 4.67. The number of carbonyl (C=O) groups excluding carboxylic acids is 1. The average molecular weight is 320 g/mol. The standard InChI is InChI=1S/C10H16N4O4S2/c1-7(16)11-9-12-13-10(19-9)20(17,18)14-4-2-8(6-14)3-5-15/h8,15H,2-6H2,1H3,(H,11,12,16). The van der Waals surface area contributed by atoms with Gasteiger partial charge in [0.2, 0.25) is 15.4 Å². The number of nitrogens with one attached hydrogen (secondary N) is 1. The zero-order valence-electron chi connectivity index (χ0n) is 10.9. The number of hydrogen-bond donors (Lipinski definition) is 2. The Morgan fingerprint density at radius 3 is 2.95 bits per heavy atom. The van der Waals surface area contributed by atoms with Crippen LogP contribution in [0.4, 0.5) is 5.13 Å². The van der Waals surface area contributed by atoms with Crippen LogP contribution < -0.4 is 5.32 Å². The molecule has 0 bridgehead atoms. The first-order valence-electron chi connectivity index (χ1n) is 6.15. The van der Waals surface area contributed by atoms with Gasteiger partial charge in [0.1, 0.15) is 0 Å². The van der Waals surface area contributed by atoms with E-state index >= 15 is 0 Å². The summed E-state index contributed by atoms with van der Waals surface area (Å²) in [5.74, 6) is -0.146. The Kier molecular flexibility index (Phi) is 4.68. The fourth-order valence-electron chi connectivity index (χ4n) is 2.06. The molecule has 1 aliphatic rings. The molecule has 1 fully saturated rings. The maximum Gasteiger partial charge on any atom is 0.272 e. The van der Waals surface area contributed by atoms with Gasteiger partial charge in [-0.25, -0.2) is 8.42 Å². The van der Waals surface area contributed by atoms with E-state index in [0.717, 1.165) is 17.8 Å². The summed E-state index contributed by atoms with van der Waals surface area (Å²) in [5.41, 5.74) is 0. The van der Waals surface area contributed by atoms with Crippen molar-refractivity contribution in [1.29, 1.82) is 0 Å². The summed E-state index contributed by atoms with van der Waals surface area (Å²) in [6.45, 7) is 2.18. The van der Waals surface area contributed by atoms with E-state index in [2.05, 4.69) is 15.5 Å². The van der Waals surface area contributed by atoms with Crippen molar-refractivity contribution in [1.82, 2.24) is 14.5 Å². The molecule has 1 amide bonds. The summed E-state index contributed by atoms with van der Waals surface area (Å²) in [6, 6.07) is 0. The lowest BCUT2D eigenvalue weighted by molar-refractivity contribution is -0.114. The number of amides is 1. The van der Waals surface area contributed by atoms with Gasteiger partial charge in [0.25, 0.3) is 10.0 Å². The minimum Gasteiger partial charge on any atom is -0.396 e. The van der Waals surface area contributed by atoms with Gasteiger partial charge < -0.3 is 10.4 Å². The van der Waals surface area contributed by atoms with Crippen LogP contribution in [-0.4, -0.2) is 53.6 Å². The number of sulfonamides is 1. The molecule has 0 saturated carbocycles. The molecule has 10 heteroatoms. The maximum atomic E-state index is 12.3. The normalized spacial score (nSPS) is 20.2. The smallest absolute Gasteiger partial charge is 0.272 e. The number of rotatable bonds is 5. The van der Waals surface area contributed by atoms with Crippen LogP contribution in [0.1, 0.15) is 19.8 Å². The van der Waals surface area contributed by atoms with E-state index < -0.39 is 10.0 Å². The van der Waals surface area contributed by atoms with Crippen molar-refractivity contribution in [2.24, 2.45) is 5.92 Å². The van der Waals surface area contributed by atoms with Crippen LogP contribution in [0.15, 0.2) is 4.34 Å². The number of hydrogen-bond acceptors (Lipinski definition) is 7. The van der Waals surface area contributed by atoms with Gasteiger partial charge in [-0.2, -0.15) is 4.31 Å². The number of aromatic nitrogens is 2. The highest BCUT2D eigenvalue weighted by Crippen LogP contribution is 2.28. The largest absolute Gasteiger partial charge is 0.396 e.